The first-order chi connectivity index (χ1) is 5.22. The minimum Gasteiger partial charge on any atom is -0.391 e. The van der Waals surface area contributed by atoms with Crippen LogP contribution in [0.2, 0.25) is 0 Å². The van der Waals surface area contributed by atoms with Gasteiger partial charge in [0, 0.05) is 6.92 Å². The molecule has 0 aliphatic rings. The van der Waals surface area contributed by atoms with E-state index in [1.807, 2.05) is 0 Å². The molecule has 12 heavy (non-hydrogen) atoms. The molecule has 0 radical (unpaired) electrons. The quantitative estimate of drug-likeness (QED) is 0.462. The third kappa shape index (κ3) is 3.06. The maximum Gasteiger partial charge on any atom is 0.319 e. The number of aliphatic hydroxyl groups is 1. The average Bonchev–Trinajstić information content (AvgIpc) is 1.84. The van der Waals surface area contributed by atoms with E-state index in [2.05, 4.69) is 0 Å². The molecule has 0 saturated carbocycles. The molecule has 0 fully saturated rings. The summed E-state index contributed by atoms with van der Waals surface area (Å²) in [6.45, 7) is 1.60. The Morgan fingerprint density at radius 2 is 1.83 bits per heavy atom. The lowest BCUT2D eigenvalue weighted by molar-refractivity contribution is -0.900. The largest absolute Gasteiger partial charge is 0.391 e. The summed E-state index contributed by atoms with van der Waals surface area (Å²) in [6.07, 6.45) is 0. The van der Waals surface area contributed by atoms with Crippen molar-refractivity contribution in [1.82, 2.24) is 0 Å². The number of hydrogen-bond donors (Lipinski definition) is 2. The summed E-state index contributed by atoms with van der Waals surface area (Å²) in [7, 11) is -0.754. The van der Waals surface area contributed by atoms with Gasteiger partial charge in [0.1, 0.15) is 6.54 Å². The SMILES string of the molecule is CC([N+](C)(C)CCO)S(=O)(=O)O. The summed E-state index contributed by atoms with van der Waals surface area (Å²) in [4.78, 5) is 0. The van der Waals surface area contributed by atoms with E-state index in [4.69, 9.17) is 9.66 Å². The van der Waals surface area contributed by atoms with Gasteiger partial charge < -0.3 is 9.59 Å². The zero-order valence-electron chi connectivity index (χ0n) is 7.56. The van der Waals surface area contributed by atoms with Gasteiger partial charge in [-0.2, -0.15) is 8.42 Å². The molecule has 5 nitrogen and oxygen atoms in total. The Kier molecular flexibility index (Phi) is 3.64. The minimum absolute atomic E-state index is 0.0509. The smallest absolute Gasteiger partial charge is 0.319 e. The first-order valence-corrected chi connectivity index (χ1v) is 5.12. The van der Waals surface area contributed by atoms with Crippen molar-refractivity contribution in [3.05, 3.63) is 0 Å². The highest BCUT2D eigenvalue weighted by molar-refractivity contribution is 7.86. The van der Waals surface area contributed by atoms with Crippen molar-refractivity contribution in [2.24, 2.45) is 0 Å². The third-order valence-electron chi connectivity index (χ3n) is 2.09. The second-order valence-electron chi connectivity index (χ2n) is 3.34. The van der Waals surface area contributed by atoms with Crippen LogP contribution in [0.3, 0.4) is 0 Å². The second-order valence-corrected chi connectivity index (χ2v) is 5.05. The maximum absolute atomic E-state index is 10.7. The van der Waals surface area contributed by atoms with E-state index in [-0.39, 0.29) is 11.1 Å². The fourth-order valence-electron chi connectivity index (χ4n) is 0.800. The van der Waals surface area contributed by atoms with Crippen LogP contribution in [0.5, 0.6) is 0 Å². The van der Waals surface area contributed by atoms with Crippen LogP contribution in [0.1, 0.15) is 6.92 Å². The molecular formula is C6H16NO4S+. The molecule has 2 N–H and O–H groups in total. The molecule has 1 atom stereocenters. The van der Waals surface area contributed by atoms with Crippen molar-refractivity contribution < 1.29 is 22.6 Å². The monoisotopic (exact) mass is 198 g/mol. The van der Waals surface area contributed by atoms with Crippen LogP contribution in [0, 0.1) is 0 Å². The van der Waals surface area contributed by atoms with Crippen molar-refractivity contribution in [3.63, 3.8) is 0 Å². The summed E-state index contributed by atoms with van der Waals surface area (Å²) in [5, 5.41) is 7.71. The number of nitrogens with zero attached hydrogens (tertiary/aromatic N) is 1. The highest BCUT2D eigenvalue weighted by atomic mass is 32.2. The number of hydrogen-bond acceptors (Lipinski definition) is 3. The lowest BCUT2D eigenvalue weighted by Gasteiger charge is -2.33. The zero-order chi connectivity index (χ0) is 9.99. The van der Waals surface area contributed by atoms with Crippen molar-refractivity contribution in [1.29, 1.82) is 0 Å². The molecule has 0 saturated heterocycles. The molecule has 0 bridgehead atoms. The molecule has 1 unspecified atom stereocenters. The topological polar surface area (TPSA) is 74.6 Å². The Bertz CT molecular complexity index is 234. The van der Waals surface area contributed by atoms with Crippen molar-refractivity contribution in [2.75, 3.05) is 27.2 Å². The van der Waals surface area contributed by atoms with Gasteiger partial charge in [-0.15, -0.1) is 0 Å². The van der Waals surface area contributed by atoms with Crippen LogP contribution >= 0.6 is 0 Å². The number of rotatable bonds is 4. The number of aliphatic hydroxyl groups excluding tert-OH is 1. The highest BCUT2D eigenvalue weighted by Crippen LogP contribution is 2.10. The van der Waals surface area contributed by atoms with Crippen LogP contribution in [-0.4, -0.2) is 55.2 Å². The van der Waals surface area contributed by atoms with Crippen molar-refractivity contribution >= 4 is 10.1 Å². The first kappa shape index (κ1) is 11.8. The predicted molar refractivity (Wildman–Crippen MR) is 45.1 cm³/mol. The molecule has 0 amide bonds. The van der Waals surface area contributed by atoms with Gasteiger partial charge in [-0.05, 0) is 0 Å². The Balaban J connectivity index is 4.57. The molecular weight excluding hydrogens is 182 g/mol. The Morgan fingerprint density at radius 1 is 1.42 bits per heavy atom. The van der Waals surface area contributed by atoms with E-state index >= 15 is 0 Å². The van der Waals surface area contributed by atoms with Gasteiger partial charge in [0.25, 0.3) is 0 Å². The van der Waals surface area contributed by atoms with Crippen LogP contribution in [0.25, 0.3) is 0 Å². The van der Waals surface area contributed by atoms with E-state index in [1.54, 1.807) is 14.1 Å². The van der Waals surface area contributed by atoms with E-state index in [9.17, 15) is 8.42 Å². The molecule has 0 heterocycles. The van der Waals surface area contributed by atoms with Gasteiger partial charge in [-0.3, -0.25) is 4.55 Å². The molecule has 0 rings (SSSR count). The van der Waals surface area contributed by atoms with Crippen molar-refractivity contribution in [2.45, 2.75) is 12.3 Å². The normalized spacial score (nSPS) is 16.1. The summed E-state index contributed by atoms with van der Waals surface area (Å²) >= 11 is 0. The maximum atomic E-state index is 10.7. The molecule has 0 aromatic carbocycles. The first-order valence-electron chi connectivity index (χ1n) is 3.61. The molecule has 0 aromatic heterocycles. The van der Waals surface area contributed by atoms with E-state index < -0.39 is 15.5 Å². The van der Waals surface area contributed by atoms with E-state index in [0.29, 0.717) is 6.54 Å². The number of quaternary nitrogens is 1. The number of likely N-dealkylation sites (N-methyl/N-ethyl adjacent to an activating group) is 1. The highest BCUT2D eigenvalue weighted by Gasteiger charge is 2.33. The Hall–Kier alpha value is -0.170. The summed E-state index contributed by atoms with van der Waals surface area (Å²) in [5.74, 6) is 0. The lowest BCUT2D eigenvalue weighted by atomic mass is 10.4. The Labute approximate surface area is 73.0 Å². The fraction of sp³-hybridized carbons (Fsp3) is 1.00. The summed E-state index contributed by atoms with van der Waals surface area (Å²) in [6, 6.07) is 0. The molecule has 0 spiro atoms. The van der Waals surface area contributed by atoms with Gasteiger partial charge in [-0.1, -0.05) is 0 Å². The molecule has 0 aromatic rings. The standard InChI is InChI=1S/C6H15NO4S/c1-6(12(9,10)11)7(2,3)4-5-8/h6,8H,4-5H2,1-3H3/p+1. The molecule has 0 aliphatic heterocycles. The van der Waals surface area contributed by atoms with Gasteiger partial charge in [-0.25, -0.2) is 0 Å². The fourth-order valence-corrected chi connectivity index (χ4v) is 1.63. The molecule has 74 valence electrons. The average molecular weight is 198 g/mol. The second kappa shape index (κ2) is 3.69. The Morgan fingerprint density at radius 3 is 2.08 bits per heavy atom. The van der Waals surface area contributed by atoms with Crippen LogP contribution in [-0.2, 0) is 10.1 Å². The van der Waals surface area contributed by atoms with Crippen molar-refractivity contribution in [3.8, 4) is 0 Å². The van der Waals surface area contributed by atoms with E-state index in [1.165, 1.54) is 6.92 Å². The van der Waals surface area contributed by atoms with E-state index in [0.717, 1.165) is 0 Å². The van der Waals surface area contributed by atoms with Crippen LogP contribution in [0.4, 0.5) is 0 Å². The third-order valence-corrected chi connectivity index (χ3v) is 3.52. The summed E-state index contributed by atoms with van der Waals surface area (Å²) in [5.41, 5.74) is 0. The summed E-state index contributed by atoms with van der Waals surface area (Å²) < 4.78 is 30.2. The molecule has 6 heteroatoms. The van der Waals surface area contributed by atoms with Gasteiger partial charge in [0.15, 0.2) is 0 Å². The van der Waals surface area contributed by atoms with Gasteiger partial charge in [0.05, 0.1) is 20.7 Å². The van der Waals surface area contributed by atoms with Gasteiger partial charge >= 0.3 is 10.1 Å². The van der Waals surface area contributed by atoms with Crippen LogP contribution in [0.15, 0.2) is 0 Å². The van der Waals surface area contributed by atoms with Crippen LogP contribution < -0.4 is 0 Å². The zero-order valence-corrected chi connectivity index (χ0v) is 8.37. The lowest BCUT2D eigenvalue weighted by Crippen LogP contribution is -2.52. The predicted octanol–water partition coefficient (Wildman–Crippen LogP) is -0.711. The van der Waals surface area contributed by atoms with Gasteiger partial charge in [0.2, 0.25) is 5.37 Å². The molecule has 0 aliphatic carbocycles. The minimum atomic E-state index is -4.02.